The third-order valence-corrected chi connectivity index (χ3v) is 4.65. The van der Waals surface area contributed by atoms with E-state index in [1.807, 2.05) is 19.2 Å². The Labute approximate surface area is 115 Å². The van der Waals surface area contributed by atoms with E-state index in [1.165, 1.54) is 11.3 Å². The molecule has 3 heterocycles. The third-order valence-electron chi connectivity index (χ3n) is 3.71. The van der Waals surface area contributed by atoms with Crippen molar-refractivity contribution in [2.75, 3.05) is 13.1 Å². The Morgan fingerprint density at radius 1 is 1.53 bits per heavy atom. The van der Waals surface area contributed by atoms with Crippen LogP contribution >= 0.6 is 11.3 Å². The molecule has 2 aromatic rings. The van der Waals surface area contributed by atoms with Crippen molar-refractivity contribution in [2.24, 2.45) is 0 Å². The molecule has 19 heavy (non-hydrogen) atoms. The third kappa shape index (κ3) is 2.20. The van der Waals surface area contributed by atoms with Gasteiger partial charge in [0.15, 0.2) is 4.96 Å². The van der Waals surface area contributed by atoms with Crippen LogP contribution in [0.4, 0.5) is 0 Å². The minimum atomic E-state index is -0.543. The monoisotopic (exact) mass is 279 g/mol. The molecule has 0 saturated carbocycles. The van der Waals surface area contributed by atoms with Gasteiger partial charge in [-0.05, 0) is 13.3 Å². The van der Waals surface area contributed by atoms with E-state index in [2.05, 4.69) is 9.88 Å². The number of rotatable bonds is 3. The van der Waals surface area contributed by atoms with Gasteiger partial charge in [0.2, 0.25) is 0 Å². The first-order chi connectivity index (χ1) is 9.00. The zero-order valence-electron chi connectivity index (χ0n) is 11.1. The lowest BCUT2D eigenvalue weighted by Gasteiger charge is -2.46. The largest absolute Gasteiger partial charge is 0.387 e. The normalized spacial score (nSPS) is 18.7. The van der Waals surface area contributed by atoms with Crippen LogP contribution in [0.2, 0.25) is 0 Å². The van der Waals surface area contributed by atoms with Gasteiger partial charge < -0.3 is 5.11 Å². The number of nitrogens with zero attached hydrogens (tertiary/aromatic N) is 3. The Kier molecular flexibility index (Phi) is 2.96. The molecular weight excluding hydrogens is 262 g/mol. The summed E-state index contributed by atoms with van der Waals surface area (Å²) in [5, 5.41) is 11.9. The molecule has 0 unspecified atom stereocenters. The molecule has 1 fully saturated rings. The van der Waals surface area contributed by atoms with Crippen LogP contribution in [0.5, 0.6) is 0 Å². The number of aliphatic hydroxyl groups is 1. The summed E-state index contributed by atoms with van der Waals surface area (Å²) in [5.74, 6) is 0. The van der Waals surface area contributed by atoms with Gasteiger partial charge in [-0.25, -0.2) is 4.98 Å². The van der Waals surface area contributed by atoms with Crippen LogP contribution in [0.25, 0.3) is 4.96 Å². The van der Waals surface area contributed by atoms with E-state index >= 15 is 0 Å². The van der Waals surface area contributed by atoms with Crippen molar-refractivity contribution in [1.29, 1.82) is 0 Å². The molecule has 0 amide bonds. The molecule has 1 aliphatic heterocycles. The molecular formula is C13H17N3O2S. The Morgan fingerprint density at radius 2 is 2.26 bits per heavy atom. The van der Waals surface area contributed by atoms with Crippen molar-refractivity contribution >= 4 is 16.3 Å². The van der Waals surface area contributed by atoms with E-state index in [0.717, 1.165) is 22.8 Å². The van der Waals surface area contributed by atoms with Crippen LogP contribution < -0.4 is 5.56 Å². The van der Waals surface area contributed by atoms with Crippen LogP contribution in [0, 0.1) is 6.92 Å². The zero-order valence-corrected chi connectivity index (χ0v) is 11.9. The Bertz CT molecular complexity index is 670. The molecule has 1 aliphatic rings. The van der Waals surface area contributed by atoms with Crippen LogP contribution in [-0.2, 0) is 6.54 Å². The number of aryl methyl sites for hydroxylation is 1. The first-order valence-corrected chi connectivity index (χ1v) is 7.30. The van der Waals surface area contributed by atoms with Gasteiger partial charge in [0, 0.05) is 36.8 Å². The first-order valence-electron chi connectivity index (χ1n) is 6.42. The summed E-state index contributed by atoms with van der Waals surface area (Å²) >= 11 is 1.48. The van der Waals surface area contributed by atoms with E-state index in [1.54, 1.807) is 10.5 Å². The SMILES string of the molecule is CCC1(O)CN(Cc2cc(=O)n3c(C)csc3n2)C1. The fourth-order valence-electron chi connectivity index (χ4n) is 2.53. The van der Waals surface area contributed by atoms with Crippen molar-refractivity contribution in [1.82, 2.24) is 14.3 Å². The topological polar surface area (TPSA) is 57.8 Å². The number of β-amino-alcohol motifs (C(OH)–C–C–N with tert-alkyl or cyclic N) is 1. The predicted octanol–water partition coefficient (Wildman–Crippen LogP) is 1.02. The van der Waals surface area contributed by atoms with Crippen LogP contribution in [-0.4, -0.2) is 38.1 Å². The lowest BCUT2D eigenvalue weighted by atomic mass is 9.91. The van der Waals surface area contributed by atoms with Crippen LogP contribution in [0.3, 0.4) is 0 Å². The second-order valence-electron chi connectivity index (χ2n) is 5.30. The molecule has 0 radical (unpaired) electrons. The summed E-state index contributed by atoms with van der Waals surface area (Å²) < 4.78 is 1.63. The van der Waals surface area contributed by atoms with Gasteiger partial charge in [0.1, 0.15) is 0 Å². The Morgan fingerprint density at radius 3 is 2.95 bits per heavy atom. The number of likely N-dealkylation sites (tertiary alicyclic amines) is 1. The number of fused-ring (bicyclic) bond motifs is 1. The molecule has 0 bridgehead atoms. The molecule has 1 saturated heterocycles. The number of thiazole rings is 1. The van der Waals surface area contributed by atoms with Crippen LogP contribution in [0.1, 0.15) is 24.7 Å². The molecule has 5 nitrogen and oxygen atoms in total. The Balaban J connectivity index is 1.82. The molecule has 0 atom stereocenters. The second kappa shape index (κ2) is 4.40. The molecule has 0 spiro atoms. The highest BCUT2D eigenvalue weighted by atomic mass is 32.1. The van der Waals surface area contributed by atoms with Crippen LogP contribution in [0.15, 0.2) is 16.2 Å². The molecule has 0 aliphatic carbocycles. The summed E-state index contributed by atoms with van der Waals surface area (Å²) in [7, 11) is 0. The standard InChI is InChI=1S/C13H17N3O2S/c1-3-13(18)7-15(8-13)5-10-4-11(17)16-9(2)6-19-12(16)14-10/h4,6,18H,3,5,7-8H2,1-2H3. The predicted molar refractivity (Wildman–Crippen MR) is 74.6 cm³/mol. The maximum absolute atomic E-state index is 12.0. The molecule has 6 heteroatoms. The maximum Gasteiger partial charge on any atom is 0.259 e. The minimum absolute atomic E-state index is 0.0231. The Hall–Kier alpha value is -1.24. The zero-order chi connectivity index (χ0) is 13.6. The van der Waals surface area contributed by atoms with Crippen molar-refractivity contribution in [2.45, 2.75) is 32.4 Å². The van der Waals surface area contributed by atoms with Gasteiger partial charge >= 0.3 is 0 Å². The van der Waals surface area contributed by atoms with Crippen molar-refractivity contribution in [3.05, 3.63) is 33.2 Å². The van der Waals surface area contributed by atoms with Gasteiger partial charge in [-0.15, -0.1) is 11.3 Å². The second-order valence-corrected chi connectivity index (χ2v) is 6.14. The smallest absolute Gasteiger partial charge is 0.259 e. The highest BCUT2D eigenvalue weighted by Gasteiger charge is 2.39. The van der Waals surface area contributed by atoms with E-state index < -0.39 is 5.60 Å². The molecule has 2 aromatic heterocycles. The van der Waals surface area contributed by atoms with Crippen molar-refractivity contribution in [3.63, 3.8) is 0 Å². The number of hydrogen-bond donors (Lipinski definition) is 1. The fraction of sp³-hybridized carbons (Fsp3) is 0.538. The lowest BCUT2D eigenvalue weighted by Crippen LogP contribution is -2.60. The number of hydrogen-bond acceptors (Lipinski definition) is 5. The summed E-state index contributed by atoms with van der Waals surface area (Å²) in [4.78, 5) is 19.4. The highest BCUT2D eigenvalue weighted by Crippen LogP contribution is 2.25. The fourth-order valence-corrected chi connectivity index (χ4v) is 3.42. The van der Waals surface area contributed by atoms with E-state index in [-0.39, 0.29) is 5.56 Å². The summed E-state index contributed by atoms with van der Waals surface area (Å²) in [5.41, 5.74) is 1.14. The summed E-state index contributed by atoms with van der Waals surface area (Å²) in [6.07, 6.45) is 0.767. The lowest BCUT2D eigenvalue weighted by molar-refractivity contribution is -0.103. The average Bonchev–Trinajstić information content (AvgIpc) is 2.69. The van der Waals surface area contributed by atoms with Gasteiger partial charge in [-0.1, -0.05) is 6.92 Å². The summed E-state index contributed by atoms with van der Waals surface area (Å²) in [6, 6.07) is 1.59. The van der Waals surface area contributed by atoms with Crippen molar-refractivity contribution < 1.29 is 5.11 Å². The molecule has 3 rings (SSSR count). The molecule has 1 N–H and O–H groups in total. The van der Waals surface area contributed by atoms with Gasteiger partial charge in [0.05, 0.1) is 11.3 Å². The quantitative estimate of drug-likeness (QED) is 0.911. The van der Waals surface area contributed by atoms with E-state index in [0.29, 0.717) is 19.6 Å². The van der Waals surface area contributed by atoms with Gasteiger partial charge in [-0.3, -0.25) is 14.1 Å². The summed E-state index contributed by atoms with van der Waals surface area (Å²) in [6.45, 7) is 5.85. The van der Waals surface area contributed by atoms with E-state index in [4.69, 9.17) is 0 Å². The van der Waals surface area contributed by atoms with E-state index in [9.17, 15) is 9.90 Å². The van der Waals surface area contributed by atoms with Gasteiger partial charge in [0.25, 0.3) is 5.56 Å². The van der Waals surface area contributed by atoms with Gasteiger partial charge in [-0.2, -0.15) is 0 Å². The highest BCUT2D eigenvalue weighted by molar-refractivity contribution is 7.15. The van der Waals surface area contributed by atoms with Crippen molar-refractivity contribution in [3.8, 4) is 0 Å². The molecule has 0 aromatic carbocycles. The molecule has 102 valence electrons. The number of aromatic nitrogens is 2. The maximum atomic E-state index is 12.0. The average molecular weight is 279 g/mol. The minimum Gasteiger partial charge on any atom is -0.387 e. The first kappa shape index (κ1) is 12.8.